The topological polar surface area (TPSA) is 63.6 Å². The highest BCUT2D eigenvalue weighted by atomic mass is 16.5. The van der Waals surface area contributed by atoms with E-state index in [2.05, 4.69) is 0 Å². The summed E-state index contributed by atoms with van der Waals surface area (Å²) in [4.78, 5) is 22.7. The van der Waals surface area contributed by atoms with Gasteiger partial charge in [0.1, 0.15) is 6.61 Å². The van der Waals surface area contributed by atoms with Crippen molar-refractivity contribution in [3.63, 3.8) is 0 Å². The lowest BCUT2D eigenvalue weighted by molar-refractivity contribution is -0.227. The van der Waals surface area contributed by atoms with Gasteiger partial charge in [0.15, 0.2) is 0 Å². The molecular formula is C15H16O4. The molecular weight excluding hydrogens is 244 g/mol. The van der Waals surface area contributed by atoms with Crippen LogP contribution in [0.4, 0.5) is 0 Å². The third-order valence-electron chi connectivity index (χ3n) is 4.36. The van der Waals surface area contributed by atoms with Crippen LogP contribution in [0.5, 0.6) is 0 Å². The predicted octanol–water partition coefficient (Wildman–Crippen LogP) is 2.37. The normalized spacial score (nSPS) is 30.9. The minimum Gasteiger partial charge on any atom is -0.481 e. The number of esters is 1. The molecule has 3 aliphatic carbocycles. The molecule has 0 unspecified atom stereocenters. The van der Waals surface area contributed by atoms with Crippen molar-refractivity contribution in [3.8, 4) is 0 Å². The molecule has 0 aliphatic heterocycles. The summed E-state index contributed by atoms with van der Waals surface area (Å²) in [5.41, 5.74) is 0.377. The number of carboxylic acids is 1. The molecule has 0 atom stereocenters. The zero-order valence-corrected chi connectivity index (χ0v) is 10.6. The molecule has 0 heterocycles. The number of carbonyl (C=O) groups excluding carboxylic acids is 1. The maximum Gasteiger partial charge on any atom is 0.309 e. The smallest absolute Gasteiger partial charge is 0.309 e. The first kappa shape index (κ1) is 12.2. The number of benzene rings is 1. The number of hydrogen-bond acceptors (Lipinski definition) is 3. The molecule has 2 bridgehead atoms. The van der Waals surface area contributed by atoms with E-state index >= 15 is 0 Å². The van der Waals surface area contributed by atoms with Crippen LogP contribution in [0.1, 0.15) is 31.2 Å². The van der Waals surface area contributed by atoms with Gasteiger partial charge in [-0.15, -0.1) is 0 Å². The first-order chi connectivity index (χ1) is 9.04. The highest BCUT2D eigenvalue weighted by Gasteiger charge is 2.72. The Morgan fingerprint density at radius 2 is 1.79 bits per heavy atom. The number of aliphatic carboxylic acids is 1. The summed E-state index contributed by atoms with van der Waals surface area (Å²) >= 11 is 0. The van der Waals surface area contributed by atoms with Crippen LogP contribution in [0, 0.1) is 10.8 Å². The van der Waals surface area contributed by atoms with E-state index in [9.17, 15) is 9.59 Å². The monoisotopic (exact) mass is 260 g/mol. The SMILES string of the molecule is O=C(CC12CC(C(=O)O)(C1)C2)OCc1ccccc1. The molecule has 4 heteroatoms. The second-order valence-electron chi connectivity index (χ2n) is 5.94. The van der Waals surface area contributed by atoms with Crippen LogP contribution >= 0.6 is 0 Å². The summed E-state index contributed by atoms with van der Waals surface area (Å²) in [6.45, 7) is 0.291. The Kier molecular flexibility index (Phi) is 2.62. The van der Waals surface area contributed by atoms with Gasteiger partial charge in [-0.1, -0.05) is 30.3 Å². The van der Waals surface area contributed by atoms with E-state index in [1.807, 2.05) is 30.3 Å². The molecule has 0 radical (unpaired) electrons. The van der Waals surface area contributed by atoms with Gasteiger partial charge in [-0.3, -0.25) is 9.59 Å². The Labute approximate surface area is 111 Å². The molecule has 19 heavy (non-hydrogen) atoms. The summed E-state index contributed by atoms with van der Waals surface area (Å²) in [5.74, 6) is -0.936. The number of carboxylic acid groups (broad SMARTS) is 1. The van der Waals surface area contributed by atoms with Crippen molar-refractivity contribution >= 4 is 11.9 Å². The molecule has 0 aromatic heterocycles. The third-order valence-corrected chi connectivity index (χ3v) is 4.36. The van der Waals surface area contributed by atoms with E-state index in [0.29, 0.717) is 32.3 Å². The fourth-order valence-electron chi connectivity index (χ4n) is 3.51. The average Bonchev–Trinajstić information content (AvgIpc) is 2.30. The van der Waals surface area contributed by atoms with Crippen molar-refractivity contribution in [1.82, 2.24) is 0 Å². The van der Waals surface area contributed by atoms with Gasteiger partial charge < -0.3 is 9.84 Å². The van der Waals surface area contributed by atoms with Gasteiger partial charge in [0, 0.05) is 0 Å². The fraction of sp³-hybridized carbons (Fsp3) is 0.467. The zero-order chi connectivity index (χ0) is 13.5. The average molecular weight is 260 g/mol. The molecule has 100 valence electrons. The maximum atomic E-state index is 11.8. The summed E-state index contributed by atoms with van der Waals surface area (Å²) in [6, 6.07) is 9.54. The fourth-order valence-corrected chi connectivity index (χ4v) is 3.51. The Hall–Kier alpha value is -1.84. The molecule has 1 aromatic rings. The molecule has 1 N–H and O–H groups in total. The van der Waals surface area contributed by atoms with Crippen molar-refractivity contribution in [2.24, 2.45) is 10.8 Å². The summed E-state index contributed by atoms with van der Waals surface area (Å²) in [7, 11) is 0. The van der Waals surface area contributed by atoms with Crippen LogP contribution in [0.3, 0.4) is 0 Å². The first-order valence-corrected chi connectivity index (χ1v) is 6.47. The van der Waals surface area contributed by atoms with E-state index in [4.69, 9.17) is 9.84 Å². The second-order valence-corrected chi connectivity index (χ2v) is 5.94. The first-order valence-electron chi connectivity index (χ1n) is 6.47. The molecule has 0 amide bonds. The van der Waals surface area contributed by atoms with Crippen molar-refractivity contribution in [1.29, 1.82) is 0 Å². The Balaban J connectivity index is 1.46. The number of ether oxygens (including phenoxy) is 1. The van der Waals surface area contributed by atoms with Crippen LogP contribution in [0.2, 0.25) is 0 Å². The van der Waals surface area contributed by atoms with Crippen molar-refractivity contribution < 1.29 is 19.4 Å². The summed E-state index contributed by atoms with van der Waals surface area (Å²) in [5, 5.41) is 9.01. The Morgan fingerprint density at radius 3 is 2.37 bits per heavy atom. The molecule has 4 rings (SSSR count). The third kappa shape index (κ3) is 2.01. The minimum absolute atomic E-state index is 0.0772. The molecule has 0 spiro atoms. The van der Waals surface area contributed by atoms with Crippen LogP contribution in [-0.2, 0) is 20.9 Å². The quantitative estimate of drug-likeness (QED) is 0.825. The van der Waals surface area contributed by atoms with Crippen LogP contribution in [0.15, 0.2) is 30.3 Å². The van der Waals surface area contributed by atoms with Crippen molar-refractivity contribution in [2.75, 3.05) is 0 Å². The van der Waals surface area contributed by atoms with Gasteiger partial charge in [0.25, 0.3) is 0 Å². The van der Waals surface area contributed by atoms with Crippen molar-refractivity contribution in [3.05, 3.63) is 35.9 Å². The number of hydrogen-bond donors (Lipinski definition) is 1. The predicted molar refractivity (Wildman–Crippen MR) is 67.2 cm³/mol. The van der Waals surface area contributed by atoms with E-state index in [-0.39, 0.29) is 11.4 Å². The zero-order valence-electron chi connectivity index (χ0n) is 10.6. The summed E-state index contributed by atoms with van der Waals surface area (Å²) in [6.07, 6.45) is 2.26. The van der Waals surface area contributed by atoms with Gasteiger partial charge in [-0.2, -0.15) is 0 Å². The lowest BCUT2D eigenvalue weighted by Crippen LogP contribution is -2.65. The molecule has 3 aliphatic rings. The Bertz CT molecular complexity index is 500. The van der Waals surface area contributed by atoms with Gasteiger partial charge in [0.2, 0.25) is 0 Å². The van der Waals surface area contributed by atoms with Crippen LogP contribution < -0.4 is 0 Å². The minimum atomic E-state index is -0.716. The highest BCUT2D eigenvalue weighted by Crippen LogP contribution is 2.74. The number of carbonyl (C=O) groups is 2. The lowest BCUT2D eigenvalue weighted by atomic mass is 9.34. The molecule has 3 fully saturated rings. The second kappa shape index (κ2) is 4.08. The van der Waals surface area contributed by atoms with E-state index in [1.165, 1.54) is 0 Å². The molecule has 4 nitrogen and oxygen atoms in total. The van der Waals surface area contributed by atoms with Gasteiger partial charge in [-0.05, 0) is 30.2 Å². The van der Waals surface area contributed by atoms with E-state index in [1.54, 1.807) is 0 Å². The van der Waals surface area contributed by atoms with Gasteiger partial charge >= 0.3 is 11.9 Å². The van der Waals surface area contributed by atoms with E-state index < -0.39 is 11.4 Å². The van der Waals surface area contributed by atoms with E-state index in [0.717, 1.165) is 5.56 Å². The highest BCUT2D eigenvalue weighted by molar-refractivity contribution is 5.81. The lowest BCUT2D eigenvalue weighted by Gasteiger charge is -2.67. The number of rotatable bonds is 5. The van der Waals surface area contributed by atoms with Gasteiger partial charge in [-0.25, -0.2) is 0 Å². The molecule has 3 saturated carbocycles. The standard InChI is InChI=1S/C15H16O4/c16-12(19-7-11-4-2-1-3-5-11)6-14-8-15(9-14,10-14)13(17)18/h1-5H,6-10H2,(H,17,18). The van der Waals surface area contributed by atoms with Gasteiger partial charge in [0.05, 0.1) is 11.8 Å². The van der Waals surface area contributed by atoms with Crippen LogP contribution in [-0.4, -0.2) is 17.0 Å². The molecule has 1 aromatic carbocycles. The van der Waals surface area contributed by atoms with Crippen LogP contribution in [0.25, 0.3) is 0 Å². The summed E-state index contributed by atoms with van der Waals surface area (Å²) < 4.78 is 5.23. The molecule has 0 saturated heterocycles. The maximum absolute atomic E-state index is 11.8. The Morgan fingerprint density at radius 1 is 1.16 bits per heavy atom. The van der Waals surface area contributed by atoms with Crippen molar-refractivity contribution in [2.45, 2.75) is 32.3 Å². The largest absolute Gasteiger partial charge is 0.481 e.